The van der Waals surface area contributed by atoms with E-state index >= 15 is 0 Å². The molecule has 0 aliphatic carbocycles. The van der Waals surface area contributed by atoms with E-state index in [1.165, 1.54) is 23.1 Å². The highest BCUT2D eigenvalue weighted by Crippen LogP contribution is 2.31. The Morgan fingerprint density at radius 2 is 1.62 bits per heavy atom. The number of halogens is 2. The zero-order chi connectivity index (χ0) is 29.3. The Bertz CT molecular complexity index is 1400. The zero-order valence-electron chi connectivity index (χ0n) is 22.9. The van der Waals surface area contributed by atoms with Gasteiger partial charge in [-0.1, -0.05) is 96.7 Å². The molecule has 1 N–H and O–H groups in total. The van der Waals surface area contributed by atoms with E-state index in [4.69, 9.17) is 23.2 Å². The minimum atomic E-state index is -3.94. The van der Waals surface area contributed by atoms with Crippen molar-refractivity contribution in [2.45, 2.75) is 45.7 Å². The number of nitrogens with one attached hydrogen (secondary N) is 1. The van der Waals surface area contributed by atoms with Crippen molar-refractivity contribution >= 4 is 50.7 Å². The van der Waals surface area contributed by atoms with Gasteiger partial charge in [0, 0.05) is 24.5 Å². The van der Waals surface area contributed by atoms with Crippen LogP contribution in [0.15, 0.2) is 72.8 Å². The quantitative estimate of drug-likeness (QED) is 0.257. The van der Waals surface area contributed by atoms with Gasteiger partial charge in [-0.3, -0.25) is 13.9 Å². The average Bonchev–Trinajstić information content (AvgIpc) is 2.91. The minimum absolute atomic E-state index is 0.0901. The number of hydrogen-bond donors (Lipinski definition) is 1. The van der Waals surface area contributed by atoms with Crippen LogP contribution in [0.5, 0.6) is 0 Å². The number of hydrogen-bond acceptors (Lipinski definition) is 4. The van der Waals surface area contributed by atoms with E-state index in [9.17, 15) is 18.0 Å². The highest BCUT2D eigenvalue weighted by Gasteiger charge is 2.33. The molecule has 0 saturated carbocycles. The van der Waals surface area contributed by atoms with Crippen LogP contribution in [0.1, 0.15) is 36.5 Å². The van der Waals surface area contributed by atoms with Gasteiger partial charge in [0.2, 0.25) is 21.8 Å². The minimum Gasteiger partial charge on any atom is -0.354 e. The van der Waals surface area contributed by atoms with Crippen molar-refractivity contribution in [1.82, 2.24) is 10.2 Å². The highest BCUT2D eigenvalue weighted by molar-refractivity contribution is 7.92. The topological polar surface area (TPSA) is 86.8 Å². The van der Waals surface area contributed by atoms with Crippen molar-refractivity contribution < 1.29 is 18.0 Å². The molecule has 2 amide bonds. The third kappa shape index (κ3) is 8.98. The summed E-state index contributed by atoms with van der Waals surface area (Å²) in [7, 11) is -3.94. The Kier molecular flexibility index (Phi) is 11.4. The van der Waals surface area contributed by atoms with Gasteiger partial charge in [-0.15, -0.1) is 0 Å². The molecule has 0 heterocycles. The van der Waals surface area contributed by atoms with Gasteiger partial charge in [-0.05, 0) is 42.7 Å². The number of sulfonamides is 1. The van der Waals surface area contributed by atoms with E-state index in [0.717, 1.165) is 40.1 Å². The first-order valence-corrected chi connectivity index (χ1v) is 15.7. The van der Waals surface area contributed by atoms with Crippen LogP contribution in [0, 0.1) is 6.92 Å². The molecule has 3 aromatic rings. The number of amides is 2. The molecule has 0 aliphatic heterocycles. The molecule has 0 saturated heterocycles. The number of nitrogens with zero attached hydrogens (tertiary/aromatic N) is 2. The van der Waals surface area contributed by atoms with E-state index in [2.05, 4.69) is 5.32 Å². The fourth-order valence-electron chi connectivity index (χ4n) is 4.22. The molecule has 3 aromatic carbocycles. The number of unbranched alkanes of at least 4 members (excludes halogenated alkanes) is 1. The van der Waals surface area contributed by atoms with E-state index in [1.54, 1.807) is 0 Å². The predicted octanol–water partition coefficient (Wildman–Crippen LogP) is 5.62. The highest BCUT2D eigenvalue weighted by atomic mass is 35.5. The molecule has 214 valence electrons. The molecule has 0 spiro atoms. The number of benzene rings is 3. The Morgan fingerprint density at radius 1 is 0.950 bits per heavy atom. The molecular formula is C30H35Cl2N3O4S. The molecule has 1 unspecified atom stereocenters. The molecule has 0 aromatic heterocycles. The lowest BCUT2D eigenvalue weighted by atomic mass is 10.0. The lowest BCUT2D eigenvalue weighted by molar-refractivity contribution is -0.140. The Hall–Kier alpha value is -3.07. The monoisotopic (exact) mass is 603 g/mol. The first-order chi connectivity index (χ1) is 19.0. The van der Waals surface area contributed by atoms with Crippen molar-refractivity contribution in [2.24, 2.45) is 0 Å². The standard InChI is InChI=1S/C30H35Cl2N3O4S/c1-4-5-17-33-30(37)28(18-23-9-7-6-8-10-23)34(20-24-13-11-22(2)12-14-24)29(36)21-35(40(3,38)39)27-19-25(31)15-16-26(27)32/h6-16,19,28H,4-5,17-18,20-21H2,1-3H3,(H,33,37). The molecule has 3 rings (SSSR count). The van der Waals surface area contributed by atoms with Crippen LogP contribution >= 0.6 is 23.2 Å². The van der Waals surface area contributed by atoms with Crippen molar-refractivity contribution in [3.05, 3.63) is 99.5 Å². The van der Waals surface area contributed by atoms with Crippen LogP contribution in [-0.2, 0) is 32.6 Å². The van der Waals surface area contributed by atoms with E-state index in [1.807, 2.05) is 68.4 Å². The second kappa shape index (κ2) is 14.5. The maximum atomic E-state index is 14.1. The van der Waals surface area contributed by atoms with Crippen molar-refractivity contribution in [2.75, 3.05) is 23.7 Å². The molecule has 1 atom stereocenters. The molecular weight excluding hydrogens is 569 g/mol. The van der Waals surface area contributed by atoms with E-state index < -0.39 is 28.5 Å². The smallest absolute Gasteiger partial charge is 0.244 e. The summed E-state index contributed by atoms with van der Waals surface area (Å²) in [6, 6.07) is 20.6. The second-order valence-corrected chi connectivity index (χ2v) is 12.5. The summed E-state index contributed by atoms with van der Waals surface area (Å²) in [4.78, 5) is 29.1. The van der Waals surface area contributed by atoms with Crippen LogP contribution in [0.25, 0.3) is 0 Å². The van der Waals surface area contributed by atoms with Gasteiger partial charge in [0.1, 0.15) is 12.6 Å². The summed E-state index contributed by atoms with van der Waals surface area (Å²) >= 11 is 12.5. The number of aryl methyl sites for hydroxylation is 1. The largest absolute Gasteiger partial charge is 0.354 e. The zero-order valence-corrected chi connectivity index (χ0v) is 25.3. The van der Waals surface area contributed by atoms with Crippen molar-refractivity contribution in [1.29, 1.82) is 0 Å². The van der Waals surface area contributed by atoms with E-state index in [-0.39, 0.29) is 34.6 Å². The van der Waals surface area contributed by atoms with Crippen LogP contribution in [0.3, 0.4) is 0 Å². The second-order valence-electron chi connectivity index (χ2n) is 9.72. The molecule has 10 heteroatoms. The Morgan fingerprint density at radius 3 is 2.25 bits per heavy atom. The fraction of sp³-hybridized carbons (Fsp3) is 0.333. The molecule has 0 bridgehead atoms. The maximum Gasteiger partial charge on any atom is 0.244 e. The van der Waals surface area contributed by atoms with Gasteiger partial charge in [0.15, 0.2) is 0 Å². The van der Waals surface area contributed by atoms with Gasteiger partial charge in [-0.2, -0.15) is 0 Å². The van der Waals surface area contributed by atoms with Crippen LogP contribution in [0.2, 0.25) is 10.0 Å². The molecule has 0 fully saturated rings. The Balaban J connectivity index is 2.05. The molecule has 0 aliphatic rings. The third-order valence-electron chi connectivity index (χ3n) is 6.43. The van der Waals surface area contributed by atoms with Gasteiger partial charge in [0.25, 0.3) is 0 Å². The Labute approximate surface area is 247 Å². The summed E-state index contributed by atoms with van der Waals surface area (Å²) in [5, 5.41) is 3.37. The number of carbonyl (C=O) groups is 2. The van der Waals surface area contributed by atoms with Crippen LogP contribution in [0.4, 0.5) is 5.69 Å². The number of carbonyl (C=O) groups excluding carboxylic acids is 2. The fourth-order valence-corrected chi connectivity index (χ4v) is 5.51. The van der Waals surface area contributed by atoms with Gasteiger partial charge in [-0.25, -0.2) is 8.42 Å². The summed E-state index contributed by atoms with van der Waals surface area (Å²) < 4.78 is 26.7. The van der Waals surface area contributed by atoms with E-state index in [0.29, 0.717) is 6.54 Å². The summed E-state index contributed by atoms with van der Waals surface area (Å²) in [5.74, 6) is -0.849. The van der Waals surface area contributed by atoms with Crippen LogP contribution in [-0.4, -0.2) is 50.5 Å². The lowest BCUT2D eigenvalue weighted by Gasteiger charge is -2.33. The lowest BCUT2D eigenvalue weighted by Crippen LogP contribution is -2.53. The molecule has 40 heavy (non-hydrogen) atoms. The SMILES string of the molecule is CCCCNC(=O)C(Cc1ccccc1)N(Cc1ccc(C)cc1)C(=O)CN(c1cc(Cl)ccc1Cl)S(C)(=O)=O. The van der Waals surface area contributed by atoms with Crippen molar-refractivity contribution in [3.63, 3.8) is 0 Å². The van der Waals surface area contributed by atoms with Crippen molar-refractivity contribution in [3.8, 4) is 0 Å². The number of rotatable bonds is 13. The molecule has 0 radical (unpaired) electrons. The predicted molar refractivity (Wildman–Crippen MR) is 162 cm³/mol. The normalized spacial score (nSPS) is 12.0. The third-order valence-corrected chi connectivity index (χ3v) is 8.11. The maximum absolute atomic E-state index is 14.1. The summed E-state index contributed by atoms with van der Waals surface area (Å²) in [6.45, 7) is 4.02. The first-order valence-electron chi connectivity index (χ1n) is 13.1. The van der Waals surface area contributed by atoms with Gasteiger partial charge < -0.3 is 10.2 Å². The first kappa shape index (κ1) is 31.5. The van der Waals surface area contributed by atoms with Gasteiger partial charge >= 0.3 is 0 Å². The average molecular weight is 605 g/mol. The van der Waals surface area contributed by atoms with Crippen LogP contribution < -0.4 is 9.62 Å². The summed E-state index contributed by atoms with van der Waals surface area (Å²) in [6.07, 6.45) is 2.96. The summed E-state index contributed by atoms with van der Waals surface area (Å²) in [5.41, 5.74) is 2.83. The molecule has 7 nitrogen and oxygen atoms in total. The van der Waals surface area contributed by atoms with Gasteiger partial charge in [0.05, 0.1) is 17.0 Å². The number of anilines is 1.